The lowest BCUT2D eigenvalue weighted by molar-refractivity contribution is -0.140. The fraction of sp³-hybridized carbons (Fsp3) is 0.636. The van der Waals surface area contributed by atoms with Crippen molar-refractivity contribution in [3.63, 3.8) is 0 Å². The highest BCUT2D eigenvalue weighted by Crippen LogP contribution is 2.17. The number of carbonyl (C=O) groups is 2. The molecule has 6 heteroatoms. The first-order valence-electron chi connectivity index (χ1n) is 5.53. The topological polar surface area (TPSA) is 87.7 Å². The number of amides is 1. The number of methoxy groups -OCH3 is 1. The van der Waals surface area contributed by atoms with Crippen LogP contribution in [0.3, 0.4) is 0 Å². The zero-order chi connectivity index (χ0) is 12.7. The van der Waals surface area contributed by atoms with Gasteiger partial charge in [-0.2, -0.15) is 0 Å². The van der Waals surface area contributed by atoms with Crippen LogP contribution >= 0.6 is 0 Å². The Labute approximate surface area is 100 Å². The Kier molecular flexibility index (Phi) is 5.65. The number of hydrogen-bond acceptors (Lipinski definition) is 4. The largest absolute Gasteiger partial charge is 0.481 e. The van der Waals surface area contributed by atoms with Crippen molar-refractivity contribution in [2.24, 2.45) is 5.92 Å². The van der Waals surface area contributed by atoms with E-state index in [9.17, 15) is 9.59 Å². The highest BCUT2D eigenvalue weighted by molar-refractivity contribution is 5.79. The van der Waals surface area contributed by atoms with Gasteiger partial charge in [0.15, 0.2) is 0 Å². The summed E-state index contributed by atoms with van der Waals surface area (Å²) in [6.07, 6.45) is 3.77. The van der Waals surface area contributed by atoms with Crippen LogP contribution in [0.15, 0.2) is 12.2 Å². The van der Waals surface area contributed by atoms with Gasteiger partial charge in [0.05, 0.1) is 19.1 Å². The molecule has 0 saturated heterocycles. The number of nitrogens with one attached hydrogen (secondary N) is 2. The van der Waals surface area contributed by atoms with Crippen molar-refractivity contribution in [3.05, 3.63) is 12.2 Å². The Morgan fingerprint density at radius 1 is 1.47 bits per heavy atom. The average molecular weight is 242 g/mol. The molecule has 0 saturated carbocycles. The Balaban J connectivity index is 2.16. The van der Waals surface area contributed by atoms with E-state index >= 15 is 0 Å². The van der Waals surface area contributed by atoms with Gasteiger partial charge in [0, 0.05) is 19.7 Å². The van der Waals surface area contributed by atoms with E-state index < -0.39 is 11.9 Å². The maximum absolute atomic E-state index is 11.4. The summed E-state index contributed by atoms with van der Waals surface area (Å²) in [4.78, 5) is 22.1. The van der Waals surface area contributed by atoms with Crippen molar-refractivity contribution >= 4 is 11.9 Å². The Morgan fingerprint density at radius 2 is 2.24 bits per heavy atom. The van der Waals surface area contributed by atoms with E-state index in [0.29, 0.717) is 19.6 Å². The van der Waals surface area contributed by atoms with E-state index in [1.165, 1.54) is 0 Å². The van der Waals surface area contributed by atoms with Crippen molar-refractivity contribution in [1.82, 2.24) is 10.6 Å². The van der Waals surface area contributed by atoms with Gasteiger partial charge in [-0.15, -0.1) is 0 Å². The van der Waals surface area contributed by atoms with Crippen LogP contribution in [0, 0.1) is 5.92 Å². The highest BCUT2D eigenvalue weighted by Gasteiger charge is 2.24. The van der Waals surface area contributed by atoms with Crippen LogP contribution in [0.5, 0.6) is 0 Å². The van der Waals surface area contributed by atoms with Crippen molar-refractivity contribution in [3.8, 4) is 0 Å². The zero-order valence-electron chi connectivity index (χ0n) is 9.81. The molecule has 1 aliphatic rings. The molecule has 0 aliphatic heterocycles. The van der Waals surface area contributed by atoms with Gasteiger partial charge in [0.2, 0.25) is 5.91 Å². The van der Waals surface area contributed by atoms with Crippen LogP contribution in [0.2, 0.25) is 0 Å². The van der Waals surface area contributed by atoms with E-state index in [-0.39, 0.29) is 18.5 Å². The number of hydrogen-bond donors (Lipinski definition) is 3. The summed E-state index contributed by atoms with van der Waals surface area (Å²) < 4.78 is 4.83. The molecule has 0 spiro atoms. The van der Waals surface area contributed by atoms with Gasteiger partial charge in [0.1, 0.15) is 0 Å². The fourth-order valence-corrected chi connectivity index (χ4v) is 1.62. The smallest absolute Gasteiger partial charge is 0.310 e. The SMILES string of the molecule is COCCNCC(=O)NC1C=CC(C(=O)O)C1. The lowest BCUT2D eigenvalue weighted by atomic mass is 10.1. The van der Waals surface area contributed by atoms with Crippen LogP contribution in [0.4, 0.5) is 0 Å². The number of carboxylic acids is 1. The van der Waals surface area contributed by atoms with Gasteiger partial charge in [-0.3, -0.25) is 9.59 Å². The number of ether oxygens (including phenoxy) is 1. The summed E-state index contributed by atoms with van der Waals surface area (Å²) in [7, 11) is 1.59. The predicted octanol–water partition coefficient (Wildman–Crippen LogP) is -0.632. The summed E-state index contributed by atoms with van der Waals surface area (Å²) in [5.74, 6) is -1.47. The monoisotopic (exact) mass is 242 g/mol. The summed E-state index contributed by atoms with van der Waals surface area (Å²) in [6.45, 7) is 1.38. The second-order valence-electron chi connectivity index (χ2n) is 3.91. The maximum Gasteiger partial charge on any atom is 0.310 e. The Bertz CT molecular complexity index is 304. The third kappa shape index (κ3) is 4.97. The Morgan fingerprint density at radius 3 is 2.82 bits per heavy atom. The molecule has 1 rings (SSSR count). The molecule has 1 amide bonds. The molecule has 17 heavy (non-hydrogen) atoms. The number of carbonyl (C=O) groups excluding carboxylic acids is 1. The van der Waals surface area contributed by atoms with Gasteiger partial charge in [0.25, 0.3) is 0 Å². The predicted molar refractivity (Wildman–Crippen MR) is 61.6 cm³/mol. The van der Waals surface area contributed by atoms with Crippen molar-refractivity contribution in [2.75, 3.05) is 26.8 Å². The molecular formula is C11H18N2O4. The van der Waals surface area contributed by atoms with E-state index in [4.69, 9.17) is 9.84 Å². The first-order valence-corrected chi connectivity index (χ1v) is 5.53. The molecule has 2 unspecified atom stereocenters. The summed E-state index contributed by atoms with van der Waals surface area (Å²) in [5, 5.41) is 14.4. The van der Waals surface area contributed by atoms with E-state index in [0.717, 1.165) is 0 Å². The number of rotatable bonds is 7. The van der Waals surface area contributed by atoms with Crippen LogP contribution in [0.25, 0.3) is 0 Å². The normalized spacial score (nSPS) is 22.6. The number of aliphatic carboxylic acids is 1. The molecule has 96 valence electrons. The lowest BCUT2D eigenvalue weighted by Gasteiger charge is -2.12. The molecule has 2 atom stereocenters. The number of carboxylic acid groups (broad SMARTS) is 1. The van der Waals surface area contributed by atoms with E-state index in [1.54, 1.807) is 19.3 Å². The molecule has 3 N–H and O–H groups in total. The van der Waals surface area contributed by atoms with Gasteiger partial charge >= 0.3 is 5.97 Å². The highest BCUT2D eigenvalue weighted by atomic mass is 16.5. The van der Waals surface area contributed by atoms with Crippen LogP contribution in [0.1, 0.15) is 6.42 Å². The molecule has 1 aliphatic carbocycles. The summed E-state index contributed by atoms with van der Waals surface area (Å²) in [6, 6.07) is -0.173. The standard InChI is InChI=1S/C11H18N2O4/c1-17-5-4-12-7-10(14)13-9-3-2-8(6-9)11(15)16/h2-3,8-9,12H,4-7H2,1H3,(H,13,14)(H,15,16). The van der Waals surface area contributed by atoms with Gasteiger partial charge in [-0.25, -0.2) is 0 Å². The fourth-order valence-electron chi connectivity index (χ4n) is 1.62. The van der Waals surface area contributed by atoms with Crippen molar-refractivity contribution < 1.29 is 19.4 Å². The minimum atomic E-state index is -0.851. The minimum absolute atomic E-state index is 0.137. The Hall–Kier alpha value is -1.40. The molecular weight excluding hydrogens is 224 g/mol. The van der Waals surface area contributed by atoms with Gasteiger partial charge in [-0.1, -0.05) is 12.2 Å². The minimum Gasteiger partial charge on any atom is -0.481 e. The molecule has 0 aromatic heterocycles. The van der Waals surface area contributed by atoms with Crippen molar-refractivity contribution in [1.29, 1.82) is 0 Å². The second kappa shape index (κ2) is 7.03. The molecule has 0 fully saturated rings. The van der Waals surface area contributed by atoms with Gasteiger partial charge in [-0.05, 0) is 6.42 Å². The summed E-state index contributed by atoms with van der Waals surface area (Å²) in [5.41, 5.74) is 0. The van der Waals surface area contributed by atoms with Gasteiger partial charge < -0.3 is 20.5 Å². The summed E-state index contributed by atoms with van der Waals surface area (Å²) >= 11 is 0. The molecule has 0 bridgehead atoms. The van der Waals surface area contributed by atoms with Crippen LogP contribution < -0.4 is 10.6 Å². The van der Waals surface area contributed by atoms with E-state index in [2.05, 4.69) is 10.6 Å². The third-order valence-corrected chi connectivity index (χ3v) is 2.52. The first kappa shape index (κ1) is 13.7. The third-order valence-electron chi connectivity index (χ3n) is 2.52. The molecule has 0 aromatic rings. The molecule has 6 nitrogen and oxygen atoms in total. The second-order valence-corrected chi connectivity index (χ2v) is 3.91. The average Bonchev–Trinajstić information content (AvgIpc) is 2.73. The quantitative estimate of drug-likeness (QED) is 0.408. The maximum atomic E-state index is 11.4. The van der Waals surface area contributed by atoms with Crippen LogP contribution in [-0.2, 0) is 14.3 Å². The van der Waals surface area contributed by atoms with E-state index in [1.807, 2.05) is 0 Å². The zero-order valence-corrected chi connectivity index (χ0v) is 9.81. The molecule has 0 aromatic carbocycles. The molecule has 0 heterocycles. The molecule has 0 radical (unpaired) electrons. The lowest BCUT2D eigenvalue weighted by Crippen LogP contribution is -2.40. The van der Waals surface area contributed by atoms with Crippen LogP contribution in [-0.4, -0.2) is 49.8 Å². The first-order chi connectivity index (χ1) is 8.13. The van der Waals surface area contributed by atoms with Crippen molar-refractivity contribution in [2.45, 2.75) is 12.5 Å².